The first kappa shape index (κ1) is 16.7. The minimum Gasteiger partial charge on any atom is -0.350 e. The third kappa shape index (κ3) is 4.03. The summed E-state index contributed by atoms with van der Waals surface area (Å²) in [7, 11) is 0. The molecule has 0 bridgehead atoms. The Hall–Kier alpha value is -2.14. The molecule has 1 heterocycles. The van der Waals surface area contributed by atoms with E-state index < -0.39 is 0 Å². The zero-order valence-electron chi connectivity index (χ0n) is 13.4. The van der Waals surface area contributed by atoms with Crippen LogP contribution in [0.1, 0.15) is 36.1 Å². The van der Waals surface area contributed by atoms with Crippen molar-refractivity contribution in [1.29, 1.82) is 0 Å². The van der Waals surface area contributed by atoms with Crippen LogP contribution in [0.5, 0.6) is 0 Å². The van der Waals surface area contributed by atoms with Crippen LogP contribution in [0, 0.1) is 0 Å². The first-order valence-corrected chi connectivity index (χ1v) is 8.61. The molecule has 24 heavy (non-hydrogen) atoms. The number of fused-ring (bicyclic) bond motifs is 1. The van der Waals surface area contributed by atoms with Gasteiger partial charge in [0.2, 0.25) is 5.91 Å². The molecule has 6 heteroatoms. The van der Waals surface area contributed by atoms with E-state index in [1.165, 1.54) is 4.68 Å². The third-order valence-corrected chi connectivity index (χ3v) is 4.62. The van der Waals surface area contributed by atoms with Gasteiger partial charge in [0.25, 0.3) is 5.56 Å². The van der Waals surface area contributed by atoms with Crippen molar-refractivity contribution in [3.8, 4) is 0 Å². The van der Waals surface area contributed by atoms with Gasteiger partial charge in [-0.25, -0.2) is 4.68 Å². The SMILES string of the molecule is O=C(Cn1nc2c(cc1=O)CCCCC2)NCc1ccccc1Cl. The Kier molecular flexibility index (Phi) is 5.30. The lowest BCUT2D eigenvalue weighted by atomic mass is 10.1. The minimum atomic E-state index is -0.252. The summed E-state index contributed by atoms with van der Waals surface area (Å²) in [5.41, 5.74) is 2.61. The van der Waals surface area contributed by atoms with Crippen LogP contribution >= 0.6 is 11.6 Å². The molecule has 0 fully saturated rings. The molecule has 1 aromatic heterocycles. The molecule has 3 rings (SSSR count). The molecule has 1 aliphatic carbocycles. The van der Waals surface area contributed by atoms with E-state index in [0.29, 0.717) is 11.6 Å². The molecule has 0 aliphatic heterocycles. The van der Waals surface area contributed by atoms with E-state index in [0.717, 1.165) is 48.9 Å². The number of aromatic nitrogens is 2. The fourth-order valence-electron chi connectivity index (χ4n) is 2.92. The van der Waals surface area contributed by atoms with Gasteiger partial charge in [0.1, 0.15) is 6.54 Å². The van der Waals surface area contributed by atoms with E-state index in [1.54, 1.807) is 12.1 Å². The van der Waals surface area contributed by atoms with E-state index in [9.17, 15) is 9.59 Å². The Morgan fingerprint density at radius 1 is 1.21 bits per heavy atom. The number of aryl methyl sites for hydroxylation is 2. The highest BCUT2D eigenvalue weighted by Gasteiger charge is 2.14. The number of halogens is 1. The monoisotopic (exact) mass is 345 g/mol. The summed E-state index contributed by atoms with van der Waals surface area (Å²) in [4.78, 5) is 24.3. The van der Waals surface area contributed by atoms with Crippen LogP contribution in [0.2, 0.25) is 5.02 Å². The van der Waals surface area contributed by atoms with Crippen molar-refractivity contribution >= 4 is 17.5 Å². The number of rotatable bonds is 4. The number of nitrogens with one attached hydrogen (secondary N) is 1. The normalized spacial score (nSPS) is 13.9. The summed E-state index contributed by atoms with van der Waals surface area (Å²) >= 11 is 6.07. The number of carbonyl (C=O) groups is 1. The highest BCUT2D eigenvalue weighted by Crippen LogP contribution is 2.17. The van der Waals surface area contributed by atoms with Gasteiger partial charge in [-0.05, 0) is 42.9 Å². The van der Waals surface area contributed by atoms with Crippen LogP contribution in [-0.2, 0) is 30.7 Å². The molecule has 1 N–H and O–H groups in total. The van der Waals surface area contributed by atoms with Crippen LogP contribution in [0.25, 0.3) is 0 Å². The quantitative estimate of drug-likeness (QED) is 0.866. The predicted molar refractivity (Wildman–Crippen MR) is 93.1 cm³/mol. The molecule has 2 aromatic rings. The molecule has 0 radical (unpaired) electrons. The number of nitrogens with zero attached hydrogens (tertiary/aromatic N) is 2. The highest BCUT2D eigenvalue weighted by molar-refractivity contribution is 6.31. The molecule has 126 valence electrons. The van der Waals surface area contributed by atoms with E-state index in [2.05, 4.69) is 10.4 Å². The summed E-state index contributed by atoms with van der Waals surface area (Å²) < 4.78 is 1.26. The van der Waals surface area contributed by atoms with Gasteiger partial charge in [-0.15, -0.1) is 0 Å². The van der Waals surface area contributed by atoms with Crippen molar-refractivity contribution < 1.29 is 4.79 Å². The predicted octanol–water partition coefficient (Wildman–Crippen LogP) is 2.48. The second-order valence-electron chi connectivity index (χ2n) is 6.04. The second-order valence-corrected chi connectivity index (χ2v) is 6.45. The summed E-state index contributed by atoms with van der Waals surface area (Å²) in [6.45, 7) is 0.259. The van der Waals surface area contributed by atoms with Gasteiger partial charge in [0.15, 0.2) is 0 Å². The standard InChI is InChI=1S/C18H20ClN3O2/c19-15-8-5-4-7-14(15)11-20-17(23)12-22-18(24)10-13-6-2-1-3-9-16(13)21-22/h4-5,7-8,10H,1-3,6,9,11-12H2,(H,20,23). The smallest absolute Gasteiger partial charge is 0.267 e. The highest BCUT2D eigenvalue weighted by atomic mass is 35.5. The van der Waals surface area contributed by atoms with Gasteiger partial charge < -0.3 is 5.32 Å². The number of carbonyl (C=O) groups excluding carboxylic acids is 1. The van der Waals surface area contributed by atoms with Crippen LogP contribution in [0.4, 0.5) is 0 Å². The first-order valence-electron chi connectivity index (χ1n) is 8.23. The third-order valence-electron chi connectivity index (χ3n) is 4.25. The van der Waals surface area contributed by atoms with Crippen molar-refractivity contribution in [1.82, 2.24) is 15.1 Å². The van der Waals surface area contributed by atoms with Crippen molar-refractivity contribution in [3.63, 3.8) is 0 Å². The number of benzene rings is 1. The average Bonchev–Trinajstić information content (AvgIpc) is 2.79. The first-order chi connectivity index (χ1) is 11.6. The maximum absolute atomic E-state index is 12.2. The summed E-state index contributed by atoms with van der Waals surface area (Å²) in [6.07, 6.45) is 5.10. The van der Waals surface area contributed by atoms with Crippen LogP contribution in [0.15, 0.2) is 35.1 Å². The molecular formula is C18H20ClN3O2. The van der Waals surface area contributed by atoms with Crippen LogP contribution in [-0.4, -0.2) is 15.7 Å². The molecule has 1 aromatic carbocycles. The fraction of sp³-hybridized carbons (Fsp3) is 0.389. The van der Waals surface area contributed by atoms with Crippen molar-refractivity contribution in [2.75, 3.05) is 0 Å². The van der Waals surface area contributed by atoms with Gasteiger partial charge >= 0.3 is 0 Å². The summed E-state index contributed by atoms with van der Waals surface area (Å²) in [5.74, 6) is -0.252. The maximum Gasteiger partial charge on any atom is 0.267 e. The molecule has 0 spiro atoms. The van der Waals surface area contributed by atoms with Gasteiger partial charge in [-0.1, -0.05) is 36.2 Å². The van der Waals surface area contributed by atoms with E-state index in [1.807, 2.05) is 18.2 Å². The summed E-state index contributed by atoms with van der Waals surface area (Å²) in [5, 5.41) is 7.80. The van der Waals surface area contributed by atoms with Crippen molar-refractivity contribution in [2.24, 2.45) is 0 Å². The maximum atomic E-state index is 12.2. The summed E-state index contributed by atoms with van der Waals surface area (Å²) in [6, 6.07) is 8.98. The van der Waals surface area contributed by atoms with Gasteiger partial charge in [0.05, 0.1) is 5.69 Å². The minimum absolute atomic E-state index is 0.0729. The van der Waals surface area contributed by atoms with E-state index in [-0.39, 0.29) is 18.0 Å². The van der Waals surface area contributed by atoms with Gasteiger partial charge in [0, 0.05) is 17.6 Å². The average molecular weight is 346 g/mol. The Bertz CT molecular complexity index is 801. The number of hydrogen-bond acceptors (Lipinski definition) is 3. The number of hydrogen-bond donors (Lipinski definition) is 1. The Morgan fingerprint density at radius 3 is 2.83 bits per heavy atom. The molecule has 1 aliphatic rings. The topological polar surface area (TPSA) is 64.0 Å². The molecule has 0 saturated heterocycles. The zero-order valence-corrected chi connectivity index (χ0v) is 14.2. The Balaban J connectivity index is 1.67. The van der Waals surface area contributed by atoms with Gasteiger partial charge in [-0.2, -0.15) is 5.10 Å². The fourth-order valence-corrected chi connectivity index (χ4v) is 3.12. The van der Waals surface area contributed by atoms with Crippen LogP contribution < -0.4 is 10.9 Å². The van der Waals surface area contributed by atoms with E-state index >= 15 is 0 Å². The lowest BCUT2D eigenvalue weighted by molar-refractivity contribution is -0.122. The number of amides is 1. The lowest BCUT2D eigenvalue weighted by Gasteiger charge is -2.10. The van der Waals surface area contributed by atoms with Crippen LogP contribution in [0.3, 0.4) is 0 Å². The van der Waals surface area contributed by atoms with Crippen molar-refractivity contribution in [3.05, 3.63) is 62.5 Å². The molecule has 0 atom stereocenters. The molecule has 1 amide bonds. The van der Waals surface area contributed by atoms with E-state index in [4.69, 9.17) is 11.6 Å². The Labute approximate surface area is 145 Å². The zero-order chi connectivity index (χ0) is 16.9. The molecule has 0 saturated carbocycles. The molecule has 0 unspecified atom stereocenters. The van der Waals surface area contributed by atoms with Crippen molar-refractivity contribution in [2.45, 2.75) is 45.2 Å². The second kappa shape index (κ2) is 7.62. The molecule has 5 nitrogen and oxygen atoms in total. The largest absolute Gasteiger partial charge is 0.350 e. The van der Waals surface area contributed by atoms with Gasteiger partial charge in [-0.3, -0.25) is 9.59 Å². The lowest BCUT2D eigenvalue weighted by Crippen LogP contribution is -2.34. The molecular weight excluding hydrogens is 326 g/mol. The Morgan fingerprint density at radius 2 is 2.00 bits per heavy atom.